The number of thiol groups is 1. The Morgan fingerprint density at radius 2 is 1.59 bits per heavy atom. The van der Waals surface area contributed by atoms with Gasteiger partial charge in [0.05, 0.1) is 18.8 Å². The largest absolute Gasteiger partial charge is 0.399 e. The minimum Gasteiger partial charge on any atom is -0.399 e. The second-order valence-electron chi connectivity index (χ2n) is 5.44. The molecule has 1 saturated heterocycles. The van der Waals surface area contributed by atoms with Gasteiger partial charge in [0.1, 0.15) is 0 Å². The fourth-order valence-electron chi connectivity index (χ4n) is 1.30. The molecule has 0 radical (unpaired) electrons. The summed E-state index contributed by atoms with van der Waals surface area (Å²) in [4.78, 5) is 0. The van der Waals surface area contributed by atoms with E-state index in [0.29, 0.717) is 13.2 Å². The lowest BCUT2D eigenvalue weighted by Crippen LogP contribution is -2.54. The van der Waals surface area contributed by atoms with Crippen molar-refractivity contribution in [1.82, 2.24) is 0 Å². The molecule has 0 aromatic heterocycles. The van der Waals surface area contributed by atoms with E-state index in [0.717, 1.165) is 11.3 Å². The summed E-state index contributed by atoms with van der Waals surface area (Å²) in [5.41, 5.74) is 13.2. The molecule has 1 fully saturated rings. The fraction of sp³-hybridized carbons (Fsp3) is 0.538. The average molecular weight is 254 g/mol. The van der Waals surface area contributed by atoms with E-state index in [1.54, 1.807) is 0 Å². The molecule has 1 aromatic carbocycles. The van der Waals surface area contributed by atoms with E-state index >= 15 is 0 Å². The van der Waals surface area contributed by atoms with Crippen LogP contribution in [0.5, 0.6) is 0 Å². The Bertz CT molecular complexity index is 347. The average Bonchev–Trinajstić information content (AvgIpc) is 2.13. The Morgan fingerprint density at radius 3 is 1.88 bits per heavy atom. The number of nitrogen functional groups attached to an aromatic ring is 1. The molecule has 1 heterocycles. The van der Waals surface area contributed by atoms with Crippen LogP contribution in [0.3, 0.4) is 0 Å². The van der Waals surface area contributed by atoms with Gasteiger partial charge in [0.15, 0.2) is 0 Å². The van der Waals surface area contributed by atoms with Gasteiger partial charge in [-0.1, -0.05) is 32.9 Å². The van der Waals surface area contributed by atoms with Gasteiger partial charge in [0, 0.05) is 10.4 Å². The van der Waals surface area contributed by atoms with Gasteiger partial charge in [0.2, 0.25) is 0 Å². The van der Waals surface area contributed by atoms with E-state index in [-0.39, 0.29) is 10.3 Å². The lowest BCUT2D eigenvalue weighted by molar-refractivity contribution is -0.0569. The maximum absolute atomic E-state index is 6.01. The quantitative estimate of drug-likeness (QED) is 0.532. The minimum absolute atomic E-state index is 0.194. The Balaban J connectivity index is 0.000000249. The third-order valence-electron chi connectivity index (χ3n) is 2.20. The van der Waals surface area contributed by atoms with E-state index in [9.17, 15) is 0 Å². The topological polar surface area (TPSA) is 61.3 Å². The standard InChI is InChI=1S/C9H12N2O.C4H10S/c10-8-3-1-7(2-4-8)9(11)5-12-6-9;1-4(2,3)5/h1-4H,5-6,10-11H2;5H,1-3H3. The van der Waals surface area contributed by atoms with Gasteiger partial charge in [-0.15, -0.1) is 0 Å². The Labute approximate surface area is 109 Å². The zero-order chi connectivity index (χ0) is 13.1. The molecule has 17 heavy (non-hydrogen) atoms. The number of nitrogens with two attached hydrogens (primary N) is 2. The SMILES string of the molecule is CC(C)(C)S.Nc1ccc(C2(N)COC2)cc1. The van der Waals surface area contributed by atoms with E-state index in [1.165, 1.54) is 0 Å². The molecule has 4 heteroatoms. The number of hydrogen-bond donors (Lipinski definition) is 3. The van der Waals surface area contributed by atoms with Crippen LogP contribution in [0, 0.1) is 0 Å². The summed E-state index contributed by atoms with van der Waals surface area (Å²) in [6, 6.07) is 7.64. The molecule has 0 saturated carbocycles. The molecule has 2 rings (SSSR count). The molecule has 4 N–H and O–H groups in total. The Morgan fingerprint density at radius 1 is 1.18 bits per heavy atom. The first-order valence-electron chi connectivity index (χ1n) is 5.66. The number of hydrogen-bond acceptors (Lipinski definition) is 4. The summed E-state index contributed by atoms with van der Waals surface area (Å²) < 4.78 is 5.26. The molecular formula is C13H22N2OS. The van der Waals surface area contributed by atoms with E-state index in [1.807, 2.05) is 24.3 Å². The molecule has 1 aromatic rings. The fourth-order valence-corrected chi connectivity index (χ4v) is 1.30. The summed E-state index contributed by atoms with van der Waals surface area (Å²) >= 11 is 4.12. The lowest BCUT2D eigenvalue weighted by atomic mass is 9.89. The predicted molar refractivity (Wildman–Crippen MR) is 76.3 cm³/mol. The number of rotatable bonds is 1. The zero-order valence-corrected chi connectivity index (χ0v) is 11.6. The van der Waals surface area contributed by atoms with Crippen LogP contribution in [0.2, 0.25) is 0 Å². The van der Waals surface area contributed by atoms with Crippen molar-refractivity contribution in [3.05, 3.63) is 29.8 Å². The molecule has 3 nitrogen and oxygen atoms in total. The molecule has 96 valence electrons. The number of ether oxygens (including phenoxy) is 1. The van der Waals surface area contributed by atoms with Crippen molar-refractivity contribution in [2.45, 2.75) is 31.1 Å². The Hall–Kier alpha value is -0.710. The van der Waals surface area contributed by atoms with Gasteiger partial charge in [0.25, 0.3) is 0 Å². The van der Waals surface area contributed by atoms with Crippen LogP contribution in [-0.4, -0.2) is 18.0 Å². The smallest absolute Gasteiger partial charge is 0.0883 e. The second-order valence-corrected chi connectivity index (χ2v) is 6.78. The monoisotopic (exact) mass is 254 g/mol. The van der Waals surface area contributed by atoms with Crippen LogP contribution in [0.15, 0.2) is 24.3 Å². The van der Waals surface area contributed by atoms with Crippen LogP contribution in [0.25, 0.3) is 0 Å². The van der Waals surface area contributed by atoms with Crippen molar-refractivity contribution in [3.8, 4) is 0 Å². The van der Waals surface area contributed by atoms with Crippen LogP contribution in [0.1, 0.15) is 26.3 Å². The number of anilines is 1. The highest BCUT2D eigenvalue weighted by atomic mass is 32.1. The maximum Gasteiger partial charge on any atom is 0.0883 e. The van der Waals surface area contributed by atoms with Crippen molar-refractivity contribution in [1.29, 1.82) is 0 Å². The van der Waals surface area contributed by atoms with Crippen molar-refractivity contribution in [2.75, 3.05) is 18.9 Å². The molecule has 1 aliphatic heterocycles. The van der Waals surface area contributed by atoms with E-state index < -0.39 is 0 Å². The molecule has 0 amide bonds. The number of benzene rings is 1. The highest BCUT2D eigenvalue weighted by molar-refractivity contribution is 7.81. The lowest BCUT2D eigenvalue weighted by Gasteiger charge is -2.38. The van der Waals surface area contributed by atoms with Gasteiger partial charge in [-0.05, 0) is 17.7 Å². The molecule has 0 atom stereocenters. The summed E-state index contributed by atoms with van der Waals surface area (Å²) in [5, 5.41) is 0. The third-order valence-corrected chi connectivity index (χ3v) is 2.20. The summed E-state index contributed by atoms with van der Waals surface area (Å²) in [6.07, 6.45) is 0. The van der Waals surface area contributed by atoms with E-state index in [4.69, 9.17) is 16.2 Å². The van der Waals surface area contributed by atoms with Gasteiger partial charge in [-0.3, -0.25) is 0 Å². The van der Waals surface area contributed by atoms with Gasteiger partial charge in [-0.25, -0.2) is 0 Å². The van der Waals surface area contributed by atoms with Crippen molar-refractivity contribution >= 4 is 18.3 Å². The molecule has 0 unspecified atom stereocenters. The van der Waals surface area contributed by atoms with Crippen molar-refractivity contribution in [2.24, 2.45) is 5.73 Å². The molecular weight excluding hydrogens is 232 g/mol. The van der Waals surface area contributed by atoms with Crippen molar-refractivity contribution in [3.63, 3.8) is 0 Å². The van der Waals surface area contributed by atoms with Gasteiger partial charge < -0.3 is 16.2 Å². The molecule has 0 bridgehead atoms. The molecule has 0 spiro atoms. The summed E-state index contributed by atoms with van der Waals surface area (Å²) in [5.74, 6) is 0. The summed E-state index contributed by atoms with van der Waals surface area (Å²) in [7, 11) is 0. The van der Waals surface area contributed by atoms with Crippen LogP contribution >= 0.6 is 12.6 Å². The zero-order valence-electron chi connectivity index (χ0n) is 10.7. The minimum atomic E-state index is -0.270. The Kier molecular flexibility index (Phi) is 4.47. The van der Waals surface area contributed by atoms with Gasteiger partial charge >= 0.3 is 0 Å². The van der Waals surface area contributed by atoms with Crippen molar-refractivity contribution < 1.29 is 4.74 Å². The highest BCUT2D eigenvalue weighted by Gasteiger charge is 2.35. The summed E-state index contributed by atoms with van der Waals surface area (Å²) in [6.45, 7) is 7.37. The maximum atomic E-state index is 6.01. The van der Waals surface area contributed by atoms with Crippen LogP contribution in [-0.2, 0) is 10.3 Å². The van der Waals surface area contributed by atoms with E-state index in [2.05, 4.69) is 33.4 Å². The highest BCUT2D eigenvalue weighted by Crippen LogP contribution is 2.26. The van der Waals surface area contributed by atoms with Crippen LogP contribution in [0.4, 0.5) is 5.69 Å². The molecule has 0 aliphatic carbocycles. The molecule has 1 aliphatic rings. The predicted octanol–water partition coefficient (Wildman–Crippen LogP) is 2.17. The van der Waals surface area contributed by atoms with Crippen LogP contribution < -0.4 is 11.5 Å². The normalized spacial score (nSPS) is 17.7. The first-order chi connectivity index (χ1) is 7.71. The first-order valence-corrected chi connectivity index (χ1v) is 6.10. The van der Waals surface area contributed by atoms with Gasteiger partial charge in [-0.2, -0.15) is 12.6 Å². The third kappa shape index (κ3) is 4.98. The second kappa shape index (κ2) is 5.29. The first kappa shape index (κ1) is 14.4.